The van der Waals surface area contributed by atoms with Crippen LogP contribution in [-0.2, 0) is 4.79 Å². The maximum atomic E-state index is 12.8. The predicted octanol–water partition coefficient (Wildman–Crippen LogP) is 3.82. The average molecular weight is 542 g/mol. The first-order valence-electron chi connectivity index (χ1n) is 12.9. The van der Waals surface area contributed by atoms with Gasteiger partial charge in [-0.25, -0.2) is 4.52 Å². The summed E-state index contributed by atoms with van der Waals surface area (Å²) >= 11 is 0. The van der Waals surface area contributed by atoms with E-state index in [0.29, 0.717) is 43.2 Å². The number of hydrogen-bond acceptors (Lipinski definition) is 6. The van der Waals surface area contributed by atoms with Gasteiger partial charge < -0.3 is 20.0 Å². The number of piperazine rings is 1. The van der Waals surface area contributed by atoms with Crippen LogP contribution in [0.1, 0.15) is 35.2 Å². The van der Waals surface area contributed by atoms with Crippen molar-refractivity contribution in [3.63, 3.8) is 0 Å². The van der Waals surface area contributed by atoms with E-state index in [2.05, 4.69) is 20.3 Å². The Morgan fingerprint density at radius 3 is 2.41 bits per heavy atom. The first-order valence-corrected chi connectivity index (χ1v) is 12.9. The number of carbonyl (C=O) groups excluding carboxylic acids is 2. The molecule has 2 aliphatic heterocycles. The second kappa shape index (κ2) is 11.0. The number of anilines is 2. The summed E-state index contributed by atoms with van der Waals surface area (Å²) < 4.78 is 39.1. The summed E-state index contributed by atoms with van der Waals surface area (Å²) in [7, 11) is 2.05. The SMILES string of the molecule is CN1CCN(C(=O)c2ccc(Nc3nc4c(C5=CCN(C(=O)CCC(F)(F)F)CC5)cccn4n3)cc2)CC1. The van der Waals surface area contributed by atoms with Crippen LogP contribution in [0.15, 0.2) is 48.7 Å². The van der Waals surface area contributed by atoms with Crippen LogP contribution >= 0.6 is 0 Å². The Balaban J connectivity index is 1.25. The van der Waals surface area contributed by atoms with Crippen molar-refractivity contribution in [2.45, 2.75) is 25.4 Å². The number of nitrogens with one attached hydrogen (secondary N) is 1. The molecule has 0 spiro atoms. The molecule has 5 rings (SSSR count). The molecule has 206 valence electrons. The van der Waals surface area contributed by atoms with Crippen LogP contribution in [0.3, 0.4) is 0 Å². The van der Waals surface area contributed by atoms with Crippen LogP contribution in [0.5, 0.6) is 0 Å². The van der Waals surface area contributed by atoms with Crippen LogP contribution in [0.25, 0.3) is 11.2 Å². The van der Waals surface area contributed by atoms with Crippen LogP contribution < -0.4 is 5.32 Å². The lowest BCUT2D eigenvalue weighted by Gasteiger charge is -2.32. The molecule has 0 unspecified atom stereocenters. The Hall–Kier alpha value is -3.93. The van der Waals surface area contributed by atoms with E-state index >= 15 is 0 Å². The van der Waals surface area contributed by atoms with E-state index in [0.717, 1.165) is 29.9 Å². The summed E-state index contributed by atoms with van der Waals surface area (Å²) in [4.78, 5) is 35.1. The quantitative estimate of drug-likeness (QED) is 0.511. The van der Waals surface area contributed by atoms with Gasteiger partial charge in [-0.3, -0.25) is 9.59 Å². The zero-order chi connectivity index (χ0) is 27.6. The van der Waals surface area contributed by atoms with Gasteiger partial charge in [0, 0.05) is 68.7 Å². The van der Waals surface area contributed by atoms with E-state index in [1.807, 2.05) is 42.3 Å². The van der Waals surface area contributed by atoms with Crippen LogP contribution in [-0.4, -0.2) is 93.6 Å². The third-order valence-electron chi connectivity index (χ3n) is 7.07. The number of rotatable bonds is 6. The molecule has 2 aromatic heterocycles. The number of nitrogens with zero attached hydrogens (tertiary/aromatic N) is 6. The summed E-state index contributed by atoms with van der Waals surface area (Å²) in [6.07, 6.45) is -1.83. The summed E-state index contributed by atoms with van der Waals surface area (Å²) in [6, 6.07) is 11.0. The third kappa shape index (κ3) is 6.39. The van der Waals surface area contributed by atoms with Gasteiger partial charge in [0.1, 0.15) is 0 Å². The molecule has 0 saturated carbocycles. The minimum atomic E-state index is -4.34. The van der Waals surface area contributed by atoms with Gasteiger partial charge in [0.15, 0.2) is 5.65 Å². The summed E-state index contributed by atoms with van der Waals surface area (Å²) in [6.45, 7) is 3.76. The molecule has 0 bridgehead atoms. The molecule has 39 heavy (non-hydrogen) atoms. The maximum Gasteiger partial charge on any atom is 0.389 e. The molecule has 0 atom stereocenters. The smallest absolute Gasteiger partial charge is 0.339 e. The summed E-state index contributed by atoms with van der Waals surface area (Å²) in [5.74, 6) is -0.0847. The highest BCUT2D eigenvalue weighted by molar-refractivity contribution is 5.94. The average Bonchev–Trinajstić information content (AvgIpc) is 3.34. The van der Waals surface area contributed by atoms with Gasteiger partial charge in [-0.2, -0.15) is 18.2 Å². The van der Waals surface area contributed by atoms with E-state index in [1.54, 1.807) is 22.8 Å². The minimum Gasteiger partial charge on any atom is -0.339 e. The fourth-order valence-electron chi connectivity index (χ4n) is 4.77. The van der Waals surface area contributed by atoms with E-state index < -0.39 is 24.9 Å². The third-order valence-corrected chi connectivity index (χ3v) is 7.07. The standard InChI is InChI=1S/C27H30F3N7O2/c1-34-15-17-36(18-16-34)25(39)20-4-6-21(7-5-20)31-26-32-24-22(3-2-12-37(24)33-26)19-9-13-35(14-10-19)23(38)8-11-27(28,29)30/h2-7,9,12H,8,10-11,13-18H2,1H3,(H,31,33). The van der Waals surface area contributed by atoms with Crippen molar-refractivity contribution in [3.05, 3.63) is 59.8 Å². The van der Waals surface area contributed by atoms with Crippen molar-refractivity contribution in [2.75, 3.05) is 51.6 Å². The van der Waals surface area contributed by atoms with E-state index in [1.165, 1.54) is 4.90 Å². The fraction of sp³-hybridized carbons (Fsp3) is 0.407. The normalized spacial score (nSPS) is 16.9. The number of hydrogen-bond donors (Lipinski definition) is 1. The number of carbonyl (C=O) groups is 2. The second-order valence-electron chi connectivity index (χ2n) is 9.86. The Labute approximate surface area is 223 Å². The monoisotopic (exact) mass is 541 g/mol. The lowest BCUT2D eigenvalue weighted by molar-refractivity contribution is -0.148. The molecule has 2 amide bonds. The van der Waals surface area contributed by atoms with Gasteiger partial charge in [-0.1, -0.05) is 6.08 Å². The largest absolute Gasteiger partial charge is 0.389 e. The Morgan fingerprint density at radius 2 is 1.74 bits per heavy atom. The zero-order valence-electron chi connectivity index (χ0n) is 21.6. The number of fused-ring (bicyclic) bond motifs is 1. The summed E-state index contributed by atoms with van der Waals surface area (Å²) in [5.41, 5.74) is 3.82. The van der Waals surface area contributed by atoms with E-state index in [4.69, 9.17) is 0 Å². The van der Waals surface area contributed by atoms with Crippen molar-refractivity contribution >= 4 is 34.7 Å². The zero-order valence-corrected chi connectivity index (χ0v) is 21.6. The fourth-order valence-corrected chi connectivity index (χ4v) is 4.77. The lowest BCUT2D eigenvalue weighted by atomic mass is 10.00. The van der Waals surface area contributed by atoms with Crippen molar-refractivity contribution < 1.29 is 22.8 Å². The van der Waals surface area contributed by atoms with Crippen molar-refractivity contribution in [2.24, 2.45) is 0 Å². The molecular weight excluding hydrogens is 511 g/mol. The Bertz CT molecular complexity index is 1380. The van der Waals surface area contributed by atoms with Crippen molar-refractivity contribution in [1.82, 2.24) is 29.3 Å². The van der Waals surface area contributed by atoms with Gasteiger partial charge in [-0.15, -0.1) is 5.10 Å². The number of amides is 2. The molecule has 9 nitrogen and oxygen atoms in total. The van der Waals surface area contributed by atoms with Gasteiger partial charge in [0.25, 0.3) is 5.91 Å². The minimum absolute atomic E-state index is 0.0199. The Morgan fingerprint density at radius 1 is 1.00 bits per heavy atom. The number of alkyl halides is 3. The number of halogens is 3. The highest BCUT2D eigenvalue weighted by Gasteiger charge is 2.30. The van der Waals surface area contributed by atoms with Gasteiger partial charge in [0.05, 0.1) is 6.42 Å². The molecule has 2 aliphatic rings. The Kier molecular flexibility index (Phi) is 7.56. The number of benzene rings is 1. The van der Waals surface area contributed by atoms with Gasteiger partial charge in [-0.05, 0) is 55.4 Å². The highest BCUT2D eigenvalue weighted by atomic mass is 19.4. The van der Waals surface area contributed by atoms with Crippen LogP contribution in [0.4, 0.5) is 24.8 Å². The molecule has 1 fully saturated rings. The number of likely N-dealkylation sites (N-methyl/N-ethyl adjacent to an activating group) is 1. The molecule has 1 aromatic carbocycles. The molecule has 0 radical (unpaired) electrons. The van der Waals surface area contributed by atoms with Gasteiger partial charge >= 0.3 is 6.18 Å². The van der Waals surface area contributed by atoms with E-state index in [-0.39, 0.29) is 12.5 Å². The van der Waals surface area contributed by atoms with Crippen LogP contribution in [0.2, 0.25) is 0 Å². The molecule has 0 aliphatic carbocycles. The molecule has 1 saturated heterocycles. The van der Waals surface area contributed by atoms with Gasteiger partial charge in [0.2, 0.25) is 11.9 Å². The topological polar surface area (TPSA) is 86.1 Å². The first kappa shape index (κ1) is 26.7. The molecule has 1 N–H and O–H groups in total. The number of pyridine rings is 1. The van der Waals surface area contributed by atoms with Crippen LogP contribution in [0, 0.1) is 0 Å². The lowest BCUT2D eigenvalue weighted by Crippen LogP contribution is -2.47. The first-order chi connectivity index (χ1) is 18.7. The van der Waals surface area contributed by atoms with Crippen molar-refractivity contribution in [3.8, 4) is 0 Å². The molecule has 12 heteroatoms. The summed E-state index contributed by atoms with van der Waals surface area (Å²) in [5, 5.41) is 7.69. The molecule has 3 aromatic rings. The molecular formula is C27H30F3N7O2. The number of aromatic nitrogens is 3. The maximum absolute atomic E-state index is 12.8. The molecule has 4 heterocycles. The second-order valence-corrected chi connectivity index (χ2v) is 9.86. The predicted molar refractivity (Wildman–Crippen MR) is 141 cm³/mol. The van der Waals surface area contributed by atoms with E-state index in [9.17, 15) is 22.8 Å². The highest BCUT2D eigenvalue weighted by Crippen LogP contribution is 2.28. The van der Waals surface area contributed by atoms with Crippen molar-refractivity contribution in [1.29, 1.82) is 0 Å².